The van der Waals surface area contributed by atoms with E-state index in [2.05, 4.69) is 66.1 Å². The van der Waals surface area contributed by atoms with Crippen LogP contribution in [0.5, 0.6) is 11.5 Å². The van der Waals surface area contributed by atoms with Gasteiger partial charge in [0, 0.05) is 25.0 Å². The maximum Gasteiger partial charge on any atom is 0.158 e. The third-order valence-corrected chi connectivity index (χ3v) is 9.43. The zero-order chi connectivity index (χ0) is 28.8. The third kappa shape index (κ3) is 7.28. The van der Waals surface area contributed by atoms with E-state index in [0.29, 0.717) is 17.6 Å². The summed E-state index contributed by atoms with van der Waals surface area (Å²) in [6, 6.07) is 14.7. The molecule has 6 heteroatoms. The summed E-state index contributed by atoms with van der Waals surface area (Å²) < 4.78 is 17.6. The van der Waals surface area contributed by atoms with E-state index in [1.807, 2.05) is 12.1 Å². The average Bonchev–Trinajstić information content (AvgIpc) is 3.00. The first kappa shape index (κ1) is 29.5. The normalized spacial score (nSPS) is 23.5. The molecule has 222 valence electrons. The number of aryl methyl sites for hydroxylation is 1. The fraction of sp³-hybridized carbons (Fsp3) is 0.543. The van der Waals surface area contributed by atoms with E-state index >= 15 is 0 Å². The van der Waals surface area contributed by atoms with Crippen LogP contribution in [0.4, 0.5) is 0 Å². The maximum atomic E-state index is 9.97. The van der Waals surface area contributed by atoms with E-state index in [9.17, 15) is 5.11 Å². The summed E-state index contributed by atoms with van der Waals surface area (Å²) in [7, 11) is 3.45. The predicted octanol–water partition coefficient (Wildman–Crippen LogP) is 6.19. The van der Waals surface area contributed by atoms with Crippen LogP contribution >= 0.6 is 0 Å². The van der Waals surface area contributed by atoms with Crippen LogP contribution in [0.1, 0.15) is 49.8 Å². The number of piperidine rings is 1. The molecular weight excluding hydrogens is 512 g/mol. The van der Waals surface area contributed by atoms with E-state index in [1.165, 1.54) is 42.6 Å². The predicted molar refractivity (Wildman–Crippen MR) is 164 cm³/mol. The molecule has 1 heterocycles. The molecule has 1 aliphatic heterocycles. The molecular formula is C35H48N2O4. The molecule has 0 radical (unpaired) electrons. The minimum absolute atomic E-state index is 0.195. The fourth-order valence-electron chi connectivity index (χ4n) is 6.83. The first-order valence-corrected chi connectivity index (χ1v) is 15.5. The Morgan fingerprint density at radius 1 is 0.927 bits per heavy atom. The highest BCUT2D eigenvalue weighted by Crippen LogP contribution is 2.39. The second-order valence-electron chi connectivity index (χ2n) is 12.1. The van der Waals surface area contributed by atoms with Gasteiger partial charge in [0.25, 0.3) is 0 Å². The zero-order valence-corrected chi connectivity index (χ0v) is 25.4. The summed E-state index contributed by atoms with van der Waals surface area (Å²) in [5.41, 5.74) is 3.90. The van der Waals surface area contributed by atoms with Crippen molar-refractivity contribution in [2.75, 3.05) is 47.0 Å². The second kappa shape index (κ2) is 13.8. The standard InChI is InChI=1S/C35H48N2O4/c1-5-37(24-26-6-12-31(13-7-26)41-19-18-36-16-14-25(2)15-17-36)33-23-35(40-4)34(39-3)22-32(33)29-9-8-28-21-30(38)11-10-27(28)20-29/h6-7,10-13,21-23,25,29,32-33,38H,5,8-9,14-20,24H2,1-4H3/t29-,32?,33?/m1/s1. The second-order valence-corrected chi connectivity index (χ2v) is 12.1. The number of aromatic hydroxyl groups is 1. The van der Waals surface area contributed by atoms with Crippen LogP contribution in [0.25, 0.3) is 0 Å². The van der Waals surface area contributed by atoms with Crippen molar-refractivity contribution < 1.29 is 19.3 Å². The van der Waals surface area contributed by atoms with E-state index in [0.717, 1.165) is 68.7 Å². The number of nitrogens with zero attached hydrogens (tertiary/aromatic N) is 2. The van der Waals surface area contributed by atoms with Crippen LogP contribution in [0.2, 0.25) is 0 Å². The van der Waals surface area contributed by atoms with Crippen LogP contribution < -0.4 is 4.74 Å². The van der Waals surface area contributed by atoms with Crippen molar-refractivity contribution in [2.45, 2.75) is 58.5 Å². The third-order valence-electron chi connectivity index (χ3n) is 9.43. The molecule has 1 N–H and O–H groups in total. The van der Waals surface area contributed by atoms with Crippen LogP contribution in [0, 0.1) is 17.8 Å². The van der Waals surface area contributed by atoms with Gasteiger partial charge in [-0.2, -0.15) is 0 Å². The molecule has 1 fully saturated rings. The molecule has 2 unspecified atom stereocenters. The number of fused-ring (bicyclic) bond motifs is 1. The first-order chi connectivity index (χ1) is 20.0. The monoisotopic (exact) mass is 560 g/mol. The summed E-state index contributed by atoms with van der Waals surface area (Å²) >= 11 is 0. The highest BCUT2D eigenvalue weighted by molar-refractivity contribution is 5.38. The Hall–Kier alpha value is -2.96. The number of methoxy groups -OCH3 is 2. The van der Waals surface area contributed by atoms with Gasteiger partial charge in [0.05, 0.1) is 14.2 Å². The molecule has 0 aromatic heterocycles. The molecule has 6 nitrogen and oxygen atoms in total. The smallest absolute Gasteiger partial charge is 0.158 e. The lowest BCUT2D eigenvalue weighted by Gasteiger charge is -2.41. The Balaban J connectivity index is 1.26. The molecule has 2 aromatic carbocycles. The van der Waals surface area contributed by atoms with E-state index in [-0.39, 0.29) is 6.04 Å². The molecule has 3 atom stereocenters. The number of hydrogen-bond donors (Lipinski definition) is 1. The lowest BCUT2D eigenvalue weighted by atomic mass is 9.72. The van der Waals surface area contributed by atoms with Gasteiger partial charge in [0.15, 0.2) is 11.5 Å². The van der Waals surface area contributed by atoms with Crippen molar-refractivity contribution in [3.63, 3.8) is 0 Å². The molecule has 0 spiro atoms. The van der Waals surface area contributed by atoms with Crippen LogP contribution in [0.3, 0.4) is 0 Å². The summed E-state index contributed by atoms with van der Waals surface area (Å²) in [5.74, 6) is 4.56. The van der Waals surface area contributed by atoms with E-state index < -0.39 is 0 Å². The van der Waals surface area contributed by atoms with Gasteiger partial charge in [0.2, 0.25) is 0 Å². The quantitative estimate of drug-likeness (QED) is 0.354. The highest BCUT2D eigenvalue weighted by Gasteiger charge is 2.37. The number of ether oxygens (including phenoxy) is 3. The van der Waals surface area contributed by atoms with Gasteiger partial charge in [-0.3, -0.25) is 9.80 Å². The first-order valence-electron chi connectivity index (χ1n) is 15.5. The summed E-state index contributed by atoms with van der Waals surface area (Å²) in [6.45, 7) is 10.5. The van der Waals surface area contributed by atoms with Crippen molar-refractivity contribution in [3.05, 3.63) is 82.8 Å². The lowest BCUT2D eigenvalue weighted by molar-refractivity contribution is 0.132. The van der Waals surface area contributed by atoms with Gasteiger partial charge < -0.3 is 19.3 Å². The zero-order valence-electron chi connectivity index (χ0n) is 25.4. The average molecular weight is 561 g/mol. The number of phenolic OH excluding ortho intramolecular Hbond substituents is 1. The largest absolute Gasteiger partial charge is 0.508 e. The van der Waals surface area contributed by atoms with E-state index in [4.69, 9.17) is 14.2 Å². The summed E-state index contributed by atoms with van der Waals surface area (Å²) in [6.07, 6.45) is 10.2. The minimum atomic E-state index is 0.195. The van der Waals surface area contributed by atoms with Gasteiger partial charge in [-0.1, -0.05) is 32.0 Å². The van der Waals surface area contributed by atoms with Crippen molar-refractivity contribution in [1.82, 2.24) is 9.80 Å². The number of likely N-dealkylation sites (N-methyl/N-ethyl adjacent to an activating group) is 1. The Labute approximate surface area is 246 Å². The molecule has 2 aromatic rings. The number of rotatable bonds is 11. The van der Waals surface area contributed by atoms with Crippen molar-refractivity contribution >= 4 is 0 Å². The molecule has 2 aliphatic carbocycles. The van der Waals surface area contributed by atoms with Gasteiger partial charge in [-0.25, -0.2) is 0 Å². The molecule has 0 amide bonds. The van der Waals surface area contributed by atoms with Gasteiger partial charge in [-0.15, -0.1) is 0 Å². The minimum Gasteiger partial charge on any atom is -0.508 e. The Morgan fingerprint density at radius 3 is 2.37 bits per heavy atom. The van der Waals surface area contributed by atoms with Crippen molar-refractivity contribution in [2.24, 2.45) is 17.8 Å². The number of likely N-dealkylation sites (tertiary alicyclic amines) is 1. The number of phenols is 1. The molecule has 5 rings (SSSR count). The molecule has 3 aliphatic rings. The highest BCUT2D eigenvalue weighted by atomic mass is 16.5. The van der Waals surface area contributed by atoms with Crippen LogP contribution in [0.15, 0.2) is 66.1 Å². The molecule has 0 bridgehead atoms. The number of hydrogen-bond acceptors (Lipinski definition) is 6. The van der Waals surface area contributed by atoms with Gasteiger partial charge in [0.1, 0.15) is 18.1 Å². The maximum absolute atomic E-state index is 9.97. The Bertz CT molecular complexity index is 1200. The Morgan fingerprint density at radius 2 is 1.66 bits per heavy atom. The molecule has 0 saturated carbocycles. The SMILES string of the molecule is CCN(Cc1ccc(OCCN2CCC(C)CC2)cc1)C1C=C(OC)C(OC)=CC1[C@@H]1CCc2cc(O)ccc2C1. The van der Waals surface area contributed by atoms with Crippen molar-refractivity contribution in [1.29, 1.82) is 0 Å². The Kier molecular flexibility index (Phi) is 9.94. The molecule has 41 heavy (non-hydrogen) atoms. The molecule has 1 saturated heterocycles. The van der Waals surface area contributed by atoms with Crippen LogP contribution in [-0.4, -0.2) is 68.0 Å². The van der Waals surface area contributed by atoms with Gasteiger partial charge in [-0.05, 0) is 117 Å². The van der Waals surface area contributed by atoms with E-state index in [1.54, 1.807) is 14.2 Å². The number of benzene rings is 2. The van der Waals surface area contributed by atoms with Crippen LogP contribution in [-0.2, 0) is 28.9 Å². The topological polar surface area (TPSA) is 54.4 Å². The lowest BCUT2D eigenvalue weighted by Crippen LogP contribution is -2.44. The summed E-state index contributed by atoms with van der Waals surface area (Å²) in [5, 5.41) is 9.97. The fourth-order valence-corrected chi connectivity index (χ4v) is 6.83. The summed E-state index contributed by atoms with van der Waals surface area (Å²) in [4.78, 5) is 5.07. The van der Waals surface area contributed by atoms with Crippen molar-refractivity contribution in [3.8, 4) is 11.5 Å². The van der Waals surface area contributed by atoms with Gasteiger partial charge >= 0.3 is 0 Å².